The lowest BCUT2D eigenvalue weighted by atomic mass is 10.2. The third-order valence-electron chi connectivity index (χ3n) is 2.64. The summed E-state index contributed by atoms with van der Waals surface area (Å²) in [5.41, 5.74) is 1.48. The van der Waals surface area contributed by atoms with Gasteiger partial charge in [0.1, 0.15) is 0 Å². The van der Waals surface area contributed by atoms with Crippen LogP contribution in [0.4, 0.5) is 18.9 Å². The zero-order valence-electron chi connectivity index (χ0n) is 9.69. The Bertz CT molecular complexity index is 603. The van der Waals surface area contributed by atoms with E-state index in [0.29, 0.717) is 10.4 Å². The SMILES string of the molecule is CN(C(=O)C(F)(F)F)c1ccc2c(c1)ncn2C. The summed E-state index contributed by atoms with van der Waals surface area (Å²) in [5, 5.41) is 0. The Morgan fingerprint density at radius 2 is 2.06 bits per heavy atom. The molecule has 4 nitrogen and oxygen atoms in total. The fourth-order valence-electron chi connectivity index (χ4n) is 1.64. The predicted molar refractivity (Wildman–Crippen MR) is 60.2 cm³/mol. The first-order valence-electron chi connectivity index (χ1n) is 5.06. The molecule has 2 aromatic rings. The summed E-state index contributed by atoms with van der Waals surface area (Å²) in [6.07, 6.45) is -3.33. The number of alkyl halides is 3. The molecular formula is C11H10F3N3O. The van der Waals surface area contributed by atoms with E-state index >= 15 is 0 Å². The van der Waals surface area contributed by atoms with Gasteiger partial charge in [-0.15, -0.1) is 0 Å². The maximum absolute atomic E-state index is 12.3. The smallest absolute Gasteiger partial charge is 0.334 e. The van der Waals surface area contributed by atoms with Gasteiger partial charge in [0.2, 0.25) is 0 Å². The lowest BCUT2D eigenvalue weighted by Gasteiger charge is -2.18. The number of benzene rings is 1. The molecule has 0 unspecified atom stereocenters. The van der Waals surface area contributed by atoms with Crippen molar-refractivity contribution < 1.29 is 18.0 Å². The molecule has 18 heavy (non-hydrogen) atoms. The molecule has 0 saturated heterocycles. The van der Waals surface area contributed by atoms with Crippen molar-refractivity contribution in [2.24, 2.45) is 7.05 Å². The fourth-order valence-corrected chi connectivity index (χ4v) is 1.64. The minimum atomic E-state index is -4.88. The molecule has 1 heterocycles. The summed E-state index contributed by atoms with van der Waals surface area (Å²) in [6, 6.07) is 4.52. The topological polar surface area (TPSA) is 38.1 Å². The molecule has 0 aliphatic rings. The average Bonchev–Trinajstić information content (AvgIpc) is 2.67. The molecule has 0 bridgehead atoms. The number of carbonyl (C=O) groups excluding carboxylic acids is 1. The molecule has 0 N–H and O–H groups in total. The molecule has 0 aliphatic carbocycles. The molecule has 1 amide bonds. The molecule has 96 valence electrons. The van der Waals surface area contributed by atoms with Crippen LogP contribution >= 0.6 is 0 Å². The van der Waals surface area contributed by atoms with Gasteiger partial charge in [-0.1, -0.05) is 0 Å². The van der Waals surface area contributed by atoms with E-state index in [1.54, 1.807) is 24.0 Å². The number of halogens is 3. The van der Waals surface area contributed by atoms with Crippen LogP contribution in [0, 0.1) is 0 Å². The molecule has 1 aromatic heterocycles. The highest BCUT2D eigenvalue weighted by molar-refractivity contribution is 5.98. The summed E-state index contributed by atoms with van der Waals surface area (Å²) < 4.78 is 38.6. The number of imidazole rings is 1. The summed E-state index contributed by atoms with van der Waals surface area (Å²) in [4.78, 5) is 15.7. The van der Waals surface area contributed by atoms with Crippen molar-refractivity contribution in [3.05, 3.63) is 24.5 Å². The van der Waals surface area contributed by atoms with E-state index in [9.17, 15) is 18.0 Å². The van der Waals surface area contributed by atoms with Crippen molar-refractivity contribution >= 4 is 22.6 Å². The number of nitrogens with zero attached hydrogens (tertiary/aromatic N) is 3. The van der Waals surface area contributed by atoms with Crippen LogP contribution < -0.4 is 4.90 Å². The number of carbonyl (C=O) groups is 1. The maximum Gasteiger partial charge on any atom is 0.471 e. The first-order valence-corrected chi connectivity index (χ1v) is 5.06. The largest absolute Gasteiger partial charge is 0.471 e. The van der Waals surface area contributed by atoms with Crippen molar-refractivity contribution in [3.63, 3.8) is 0 Å². The molecule has 1 aromatic carbocycles. The predicted octanol–water partition coefficient (Wildman–Crippen LogP) is 2.10. The summed E-state index contributed by atoms with van der Waals surface area (Å²) in [6.45, 7) is 0. The second-order valence-corrected chi connectivity index (χ2v) is 3.89. The molecule has 2 rings (SSSR count). The van der Waals surface area contributed by atoms with Gasteiger partial charge in [-0.25, -0.2) is 4.98 Å². The highest BCUT2D eigenvalue weighted by Crippen LogP contribution is 2.24. The quantitative estimate of drug-likeness (QED) is 0.784. The first-order chi connectivity index (χ1) is 8.30. The van der Waals surface area contributed by atoms with Crippen LogP contribution in [0.25, 0.3) is 11.0 Å². The molecule has 0 aliphatic heterocycles. The molecule has 7 heteroatoms. The number of amides is 1. The summed E-state index contributed by atoms with van der Waals surface area (Å²) in [5.74, 6) is -1.90. The Morgan fingerprint density at radius 1 is 1.39 bits per heavy atom. The summed E-state index contributed by atoms with van der Waals surface area (Å²) >= 11 is 0. The third kappa shape index (κ3) is 2.03. The Hall–Kier alpha value is -2.05. The van der Waals surface area contributed by atoms with Crippen LogP contribution in [0.3, 0.4) is 0 Å². The van der Waals surface area contributed by atoms with Crippen LogP contribution in [0.1, 0.15) is 0 Å². The lowest BCUT2D eigenvalue weighted by Crippen LogP contribution is -2.38. The van der Waals surface area contributed by atoms with Crippen molar-refractivity contribution in [2.75, 3.05) is 11.9 Å². The second-order valence-electron chi connectivity index (χ2n) is 3.89. The zero-order chi connectivity index (χ0) is 13.5. The van der Waals surface area contributed by atoms with Gasteiger partial charge in [-0.05, 0) is 18.2 Å². The van der Waals surface area contributed by atoms with Crippen LogP contribution in [0.15, 0.2) is 24.5 Å². The number of hydrogen-bond donors (Lipinski definition) is 0. The van der Waals surface area contributed by atoms with Crippen molar-refractivity contribution in [1.29, 1.82) is 0 Å². The maximum atomic E-state index is 12.3. The van der Waals surface area contributed by atoms with Gasteiger partial charge in [-0.3, -0.25) is 4.79 Å². The van der Waals surface area contributed by atoms with E-state index in [2.05, 4.69) is 4.98 Å². The van der Waals surface area contributed by atoms with E-state index < -0.39 is 12.1 Å². The van der Waals surface area contributed by atoms with E-state index in [1.807, 2.05) is 0 Å². The van der Waals surface area contributed by atoms with Crippen molar-refractivity contribution in [1.82, 2.24) is 9.55 Å². The Labute approximate surface area is 101 Å². The van der Waals surface area contributed by atoms with E-state index in [4.69, 9.17) is 0 Å². The molecular weight excluding hydrogens is 247 g/mol. The second kappa shape index (κ2) is 4.01. The third-order valence-corrected chi connectivity index (χ3v) is 2.64. The molecule has 0 radical (unpaired) electrons. The normalized spacial score (nSPS) is 11.8. The van der Waals surface area contributed by atoms with Crippen LogP contribution in [-0.4, -0.2) is 28.7 Å². The van der Waals surface area contributed by atoms with E-state index in [1.165, 1.54) is 12.1 Å². The van der Waals surface area contributed by atoms with Gasteiger partial charge in [0.25, 0.3) is 0 Å². The van der Waals surface area contributed by atoms with Gasteiger partial charge in [0.05, 0.1) is 17.4 Å². The van der Waals surface area contributed by atoms with Crippen molar-refractivity contribution in [2.45, 2.75) is 6.18 Å². The fraction of sp³-hybridized carbons (Fsp3) is 0.273. The minimum Gasteiger partial charge on any atom is -0.334 e. The number of anilines is 1. The Morgan fingerprint density at radius 3 is 2.67 bits per heavy atom. The first kappa shape index (κ1) is 12.4. The molecule has 0 atom stereocenters. The van der Waals surface area contributed by atoms with Crippen LogP contribution in [-0.2, 0) is 11.8 Å². The molecule has 0 fully saturated rings. The zero-order valence-corrected chi connectivity index (χ0v) is 9.69. The van der Waals surface area contributed by atoms with Gasteiger partial charge in [-0.2, -0.15) is 13.2 Å². The molecule has 0 saturated carbocycles. The lowest BCUT2D eigenvalue weighted by molar-refractivity contribution is -0.170. The minimum absolute atomic E-state index is 0.156. The van der Waals surface area contributed by atoms with Crippen LogP contribution in [0.5, 0.6) is 0 Å². The highest BCUT2D eigenvalue weighted by atomic mass is 19.4. The highest BCUT2D eigenvalue weighted by Gasteiger charge is 2.41. The van der Waals surface area contributed by atoms with E-state index in [0.717, 1.165) is 12.6 Å². The standard InChI is InChI=1S/C11H10F3N3O/c1-16-6-15-8-5-7(3-4-9(8)16)17(2)10(18)11(12,13)14/h3-6H,1-2H3. The summed E-state index contributed by atoms with van der Waals surface area (Å²) in [7, 11) is 2.86. The average molecular weight is 257 g/mol. The van der Waals surface area contributed by atoms with Gasteiger partial charge < -0.3 is 9.47 Å². The van der Waals surface area contributed by atoms with Gasteiger partial charge >= 0.3 is 12.1 Å². The Balaban J connectivity index is 2.39. The molecule has 0 spiro atoms. The number of fused-ring (bicyclic) bond motifs is 1. The monoisotopic (exact) mass is 257 g/mol. The van der Waals surface area contributed by atoms with Crippen LogP contribution in [0.2, 0.25) is 0 Å². The van der Waals surface area contributed by atoms with Gasteiger partial charge in [0.15, 0.2) is 0 Å². The Kier molecular flexibility index (Phi) is 2.76. The number of hydrogen-bond acceptors (Lipinski definition) is 2. The van der Waals surface area contributed by atoms with Crippen molar-refractivity contribution in [3.8, 4) is 0 Å². The number of aromatic nitrogens is 2. The van der Waals surface area contributed by atoms with E-state index in [-0.39, 0.29) is 5.69 Å². The number of rotatable bonds is 1. The number of aryl methyl sites for hydroxylation is 1. The van der Waals surface area contributed by atoms with Gasteiger partial charge in [0, 0.05) is 19.8 Å².